The molecule has 0 atom stereocenters. The molecule has 0 aliphatic carbocycles. The Hall–Kier alpha value is -1.26. The van der Waals surface area contributed by atoms with E-state index < -0.39 is 5.92 Å². The van der Waals surface area contributed by atoms with Crippen LogP contribution in [0.25, 0.3) is 0 Å². The Morgan fingerprint density at radius 2 is 2.08 bits per heavy atom. The van der Waals surface area contributed by atoms with Gasteiger partial charge in [-0.3, -0.25) is 4.98 Å². The lowest BCUT2D eigenvalue weighted by molar-refractivity contribution is -0.0267. The van der Waals surface area contributed by atoms with Crippen LogP contribution in [-0.2, 0) is 0 Å². The third-order valence-corrected chi connectivity index (χ3v) is 1.72. The molecule has 1 aromatic heterocycles. The van der Waals surface area contributed by atoms with E-state index in [4.69, 9.17) is 0 Å². The summed E-state index contributed by atoms with van der Waals surface area (Å²) in [5, 5.41) is 0. The molecule has 0 unspecified atom stereocenters. The van der Waals surface area contributed by atoms with Crippen LogP contribution in [0.2, 0.25) is 0 Å². The normalized spacial score (nSPS) is 20.3. The first kappa shape index (κ1) is 7.39. The fraction of sp³-hybridized carbons (Fsp3) is 0.429. The van der Waals surface area contributed by atoms with E-state index in [0.29, 0.717) is 5.82 Å². The van der Waals surface area contributed by atoms with Crippen molar-refractivity contribution in [3.8, 4) is 0 Å². The number of nitrogens with zero attached hydrogens (tertiary/aromatic N) is 3. The molecule has 0 N–H and O–H groups in total. The van der Waals surface area contributed by atoms with E-state index in [1.165, 1.54) is 23.5 Å². The van der Waals surface area contributed by atoms with Crippen LogP contribution in [-0.4, -0.2) is 29.0 Å². The molecule has 5 heteroatoms. The summed E-state index contributed by atoms with van der Waals surface area (Å²) in [6.45, 7) is -0.489. The highest BCUT2D eigenvalue weighted by Crippen LogP contribution is 2.29. The first-order chi connectivity index (χ1) is 5.67. The number of alkyl halides is 2. The van der Waals surface area contributed by atoms with Crippen molar-refractivity contribution in [1.29, 1.82) is 0 Å². The van der Waals surface area contributed by atoms with E-state index in [0.717, 1.165) is 0 Å². The predicted molar refractivity (Wildman–Crippen MR) is 39.2 cm³/mol. The molecule has 0 saturated carbocycles. The van der Waals surface area contributed by atoms with Gasteiger partial charge < -0.3 is 4.90 Å². The average molecular weight is 171 g/mol. The summed E-state index contributed by atoms with van der Waals surface area (Å²) >= 11 is 0. The van der Waals surface area contributed by atoms with Gasteiger partial charge in [-0.2, -0.15) is 0 Å². The van der Waals surface area contributed by atoms with Gasteiger partial charge in [-0.25, -0.2) is 13.8 Å². The lowest BCUT2D eigenvalue weighted by Gasteiger charge is -2.39. The Morgan fingerprint density at radius 3 is 2.58 bits per heavy atom. The molecule has 3 nitrogen and oxygen atoms in total. The maximum absolute atomic E-state index is 12.4. The highest BCUT2D eigenvalue weighted by Gasteiger charge is 2.44. The summed E-state index contributed by atoms with van der Waals surface area (Å²) in [5.41, 5.74) is 0. The zero-order valence-corrected chi connectivity index (χ0v) is 6.24. The number of anilines is 1. The van der Waals surface area contributed by atoms with Crippen molar-refractivity contribution in [3.05, 3.63) is 18.6 Å². The minimum Gasteiger partial charge on any atom is -0.343 e. The Bertz CT molecular complexity index is 267. The summed E-state index contributed by atoms with van der Waals surface area (Å²) in [6.07, 6.45) is 4.49. The van der Waals surface area contributed by atoms with E-state index in [9.17, 15) is 8.78 Å². The molecular weight excluding hydrogens is 164 g/mol. The second-order valence-electron chi connectivity index (χ2n) is 2.78. The molecule has 0 spiro atoms. The van der Waals surface area contributed by atoms with Crippen molar-refractivity contribution in [2.45, 2.75) is 5.92 Å². The maximum Gasteiger partial charge on any atom is 0.282 e. The average Bonchev–Trinajstić information content (AvgIpc) is 2.02. The van der Waals surface area contributed by atoms with E-state index in [1.807, 2.05) is 0 Å². The first-order valence-electron chi connectivity index (χ1n) is 3.56. The molecule has 0 bridgehead atoms. The van der Waals surface area contributed by atoms with Crippen LogP contribution < -0.4 is 4.90 Å². The Balaban J connectivity index is 2.06. The Kier molecular flexibility index (Phi) is 1.46. The fourth-order valence-corrected chi connectivity index (χ4v) is 1.13. The van der Waals surface area contributed by atoms with E-state index >= 15 is 0 Å². The Morgan fingerprint density at radius 1 is 1.33 bits per heavy atom. The fourth-order valence-electron chi connectivity index (χ4n) is 1.13. The van der Waals surface area contributed by atoms with Crippen LogP contribution in [0.4, 0.5) is 14.6 Å². The second kappa shape index (κ2) is 2.36. The van der Waals surface area contributed by atoms with Crippen molar-refractivity contribution in [2.24, 2.45) is 0 Å². The minimum absolute atomic E-state index is 0.244. The summed E-state index contributed by atoms with van der Waals surface area (Å²) in [7, 11) is 0. The standard InChI is InChI=1S/C7H7F2N3/c8-7(9)4-12(5-7)6-3-10-1-2-11-6/h1-3H,4-5H2. The molecular formula is C7H7F2N3. The van der Waals surface area contributed by atoms with Gasteiger partial charge in [-0.1, -0.05) is 0 Å². The topological polar surface area (TPSA) is 29.0 Å². The van der Waals surface area contributed by atoms with Gasteiger partial charge in [0.05, 0.1) is 19.3 Å². The Labute approximate surface area is 68.1 Å². The van der Waals surface area contributed by atoms with Crippen molar-refractivity contribution < 1.29 is 8.78 Å². The molecule has 2 heterocycles. The van der Waals surface area contributed by atoms with Crippen molar-refractivity contribution in [3.63, 3.8) is 0 Å². The van der Waals surface area contributed by atoms with Gasteiger partial charge in [0.1, 0.15) is 5.82 Å². The first-order valence-corrected chi connectivity index (χ1v) is 3.56. The lowest BCUT2D eigenvalue weighted by Crippen LogP contribution is -2.56. The highest BCUT2D eigenvalue weighted by molar-refractivity contribution is 5.40. The monoisotopic (exact) mass is 171 g/mol. The molecule has 1 saturated heterocycles. The van der Waals surface area contributed by atoms with E-state index in [2.05, 4.69) is 9.97 Å². The molecule has 64 valence electrons. The minimum atomic E-state index is -2.54. The molecule has 0 aromatic carbocycles. The molecule has 2 rings (SSSR count). The largest absolute Gasteiger partial charge is 0.343 e. The number of hydrogen-bond donors (Lipinski definition) is 0. The molecule has 1 aliphatic rings. The summed E-state index contributed by atoms with van der Waals surface area (Å²) in [6, 6.07) is 0. The maximum atomic E-state index is 12.4. The molecule has 1 aliphatic heterocycles. The molecule has 1 aromatic rings. The van der Waals surface area contributed by atoms with Crippen molar-refractivity contribution in [2.75, 3.05) is 18.0 Å². The summed E-state index contributed by atoms with van der Waals surface area (Å²) in [4.78, 5) is 9.18. The van der Waals surface area contributed by atoms with Gasteiger partial charge in [0.25, 0.3) is 5.92 Å². The zero-order valence-electron chi connectivity index (χ0n) is 6.24. The summed E-state index contributed by atoms with van der Waals surface area (Å²) < 4.78 is 24.8. The number of rotatable bonds is 1. The van der Waals surface area contributed by atoms with E-state index in [-0.39, 0.29) is 13.1 Å². The SMILES string of the molecule is FC1(F)CN(c2cnccn2)C1. The predicted octanol–water partition coefficient (Wildman–Crippen LogP) is 0.932. The smallest absolute Gasteiger partial charge is 0.282 e. The number of aromatic nitrogens is 2. The number of hydrogen-bond acceptors (Lipinski definition) is 3. The van der Waals surface area contributed by atoms with Gasteiger partial charge in [-0.15, -0.1) is 0 Å². The molecule has 0 radical (unpaired) electrons. The van der Waals surface area contributed by atoms with Crippen LogP contribution in [0.15, 0.2) is 18.6 Å². The lowest BCUT2D eigenvalue weighted by atomic mass is 10.1. The van der Waals surface area contributed by atoms with Gasteiger partial charge in [-0.05, 0) is 0 Å². The van der Waals surface area contributed by atoms with Crippen LogP contribution >= 0.6 is 0 Å². The van der Waals surface area contributed by atoms with Gasteiger partial charge >= 0.3 is 0 Å². The van der Waals surface area contributed by atoms with Gasteiger partial charge in [0, 0.05) is 12.4 Å². The van der Waals surface area contributed by atoms with Crippen molar-refractivity contribution in [1.82, 2.24) is 9.97 Å². The van der Waals surface area contributed by atoms with Gasteiger partial charge in [0.2, 0.25) is 0 Å². The van der Waals surface area contributed by atoms with Gasteiger partial charge in [0.15, 0.2) is 0 Å². The third kappa shape index (κ3) is 1.22. The second-order valence-corrected chi connectivity index (χ2v) is 2.78. The third-order valence-electron chi connectivity index (χ3n) is 1.72. The van der Waals surface area contributed by atoms with Crippen LogP contribution in [0.1, 0.15) is 0 Å². The zero-order chi connectivity index (χ0) is 8.60. The highest BCUT2D eigenvalue weighted by atomic mass is 19.3. The van der Waals surface area contributed by atoms with Crippen molar-refractivity contribution >= 4 is 5.82 Å². The summed E-state index contributed by atoms with van der Waals surface area (Å²) in [5.74, 6) is -2.03. The quantitative estimate of drug-likeness (QED) is 0.629. The molecule has 1 fully saturated rings. The molecule has 12 heavy (non-hydrogen) atoms. The number of halogens is 2. The van der Waals surface area contributed by atoms with Crippen LogP contribution in [0.3, 0.4) is 0 Å². The van der Waals surface area contributed by atoms with Crippen LogP contribution in [0.5, 0.6) is 0 Å². The molecule has 0 amide bonds. The van der Waals surface area contributed by atoms with Crippen LogP contribution in [0, 0.1) is 0 Å². The van der Waals surface area contributed by atoms with E-state index in [1.54, 1.807) is 0 Å².